The predicted molar refractivity (Wildman–Crippen MR) is 78.8 cm³/mol. The largest absolute Gasteiger partial charge is 0.369 e. The molecule has 19 heavy (non-hydrogen) atoms. The molecule has 1 aromatic rings. The van der Waals surface area contributed by atoms with Gasteiger partial charge in [0.25, 0.3) is 5.56 Å². The zero-order chi connectivity index (χ0) is 14.6. The van der Waals surface area contributed by atoms with Crippen molar-refractivity contribution < 1.29 is 0 Å². The maximum atomic E-state index is 11.9. The third-order valence-corrected chi connectivity index (χ3v) is 3.00. The van der Waals surface area contributed by atoms with Crippen LogP contribution in [0.3, 0.4) is 0 Å². The Labute approximate surface area is 113 Å². The number of H-pyrrole nitrogens is 1. The Morgan fingerprint density at radius 2 is 2.05 bits per heavy atom. The number of hydrogen-bond donors (Lipinski definition) is 2. The minimum atomic E-state index is -0.375. The minimum absolute atomic E-state index is 0.145. The van der Waals surface area contributed by atoms with Crippen molar-refractivity contribution in [1.82, 2.24) is 9.55 Å². The molecule has 0 saturated heterocycles. The molecule has 106 valence electrons. The SMILES string of the molecule is CC=C(C)CC(C)Nc1cc(=O)n(C(C)C)c(=O)[nH]1. The van der Waals surface area contributed by atoms with Crippen molar-refractivity contribution in [3.05, 3.63) is 38.6 Å². The van der Waals surface area contributed by atoms with Gasteiger partial charge in [0, 0.05) is 18.2 Å². The quantitative estimate of drug-likeness (QED) is 0.803. The number of anilines is 1. The molecule has 1 aromatic heterocycles. The van der Waals surface area contributed by atoms with E-state index in [1.807, 2.05) is 27.7 Å². The van der Waals surface area contributed by atoms with Crippen molar-refractivity contribution in [2.45, 2.75) is 53.1 Å². The lowest BCUT2D eigenvalue weighted by Gasteiger charge is -2.16. The topological polar surface area (TPSA) is 66.9 Å². The normalized spacial score (nSPS) is 13.7. The number of allylic oxidation sites excluding steroid dienone is 1. The second-order valence-corrected chi connectivity index (χ2v) is 5.17. The number of rotatable bonds is 5. The van der Waals surface area contributed by atoms with Gasteiger partial charge in [-0.15, -0.1) is 0 Å². The van der Waals surface area contributed by atoms with Gasteiger partial charge >= 0.3 is 5.69 Å². The molecule has 0 aliphatic rings. The van der Waals surface area contributed by atoms with Crippen LogP contribution < -0.4 is 16.6 Å². The molecule has 0 amide bonds. The molecule has 0 spiro atoms. The van der Waals surface area contributed by atoms with Crippen LogP contribution >= 0.6 is 0 Å². The van der Waals surface area contributed by atoms with Crippen LogP contribution in [0.2, 0.25) is 0 Å². The number of aromatic nitrogens is 2. The smallest absolute Gasteiger partial charge is 0.330 e. The van der Waals surface area contributed by atoms with Crippen LogP contribution in [-0.2, 0) is 0 Å². The molecule has 5 nitrogen and oxygen atoms in total. The summed E-state index contributed by atoms with van der Waals surface area (Å²) in [4.78, 5) is 26.4. The monoisotopic (exact) mass is 265 g/mol. The van der Waals surface area contributed by atoms with Gasteiger partial charge in [-0.2, -0.15) is 0 Å². The summed E-state index contributed by atoms with van der Waals surface area (Å²) in [7, 11) is 0. The van der Waals surface area contributed by atoms with Gasteiger partial charge in [0.15, 0.2) is 0 Å². The van der Waals surface area contributed by atoms with Gasteiger partial charge in [-0.1, -0.05) is 11.6 Å². The highest BCUT2D eigenvalue weighted by molar-refractivity contribution is 5.33. The van der Waals surface area contributed by atoms with Crippen LogP contribution in [0.15, 0.2) is 27.3 Å². The molecule has 1 atom stereocenters. The van der Waals surface area contributed by atoms with Crippen molar-refractivity contribution >= 4 is 5.82 Å². The lowest BCUT2D eigenvalue weighted by atomic mass is 10.1. The summed E-state index contributed by atoms with van der Waals surface area (Å²) in [6.07, 6.45) is 2.92. The number of nitrogens with zero attached hydrogens (tertiary/aromatic N) is 1. The number of aromatic amines is 1. The fraction of sp³-hybridized carbons (Fsp3) is 0.571. The van der Waals surface area contributed by atoms with E-state index in [0.29, 0.717) is 5.82 Å². The van der Waals surface area contributed by atoms with Crippen molar-refractivity contribution in [2.24, 2.45) is 0 Å². The fourth-order valence-electron chi connectivity index (χ4n) is 1.99. The zero-order valence-corrected chi connectivity index (χ0v) is 12.3. The Hall–Kier alpha value is -1.78. The first-order valence-electron chi connectivity index (χ1n) is 6.59. The number of hydrogen-bond acceptors (Lipinski definition) is 3. The summed E-state index contributed by atoms with van der Waals surface area (Å²) in [5.41, 5.74) is 0.606. The number of nitrogens with one attached hydrogen (secondary N) is 2. The van der Waals surface area contributed by atoms with Crippen LogP contribution in [0.1, 0.15) is 47.1 Å². The van der Waals surface area contributed by atoms with Gasteiger partial charge in [0.1, 0.15) is 5.82 Å². The maximum absolute atomic E-state index is 11.9. The first kappa shape index (κ1) is 15.3. The first-order chi connectivity index (χ1) is 8.85. The van der Waals surface area contributed by atoms with Crippen molar-refractivity contribution in [3.8, 4) is 0 Å². The molecular weight excluding hydrogens is 242 g/mol. The fourth-order valence-corrected chi connectivity index (χ4v) is 1.99. The van der Waals surface area contributed by atoms with Gasteiger partial charge in [0.2, 0.25) is 0 Å². The van der Waals surface area contributed by atoms with E-state index in [1.54, 1.807) is 0 Å². The third-order valence-electron chi connectivity index (χ3n) is 3.00. The molecule has 0 aromatic carbocycles. The van der Waals surface area contributed by atoms with Crippen LogP contribution in [-0.4, -0.2) is 15.6 Å². The van der Waals surface area contributed by atoms with E-state index >= 15 is 0 Å². The second-order valence-electron chi connectivity index (χ2n) is 5.17. The predicted octanol–water partition coefficient (Wildman–Crippen LogP) is 2.27. The highest BCUT2D eigenvalue weighted by atomic mass is 16.2. The third kappa shape index (κ3) is 4.12. The second kappa shape index (κ2) is 6.41. The average Bonchev–Trinajstić information content (AvgIpc) is 2.26. The molecule has 0 bridgehead atoms. The highest BCUT2D eigenvalue weighted by Crippen LogP contribution is 2.08. The van der Waals surface area contributed by atoms with Crippen molar-refractivity contribution in [1.29, 1.82) is 0 Å². The Kier molecular flexibility index (Phi) is 5.15. The maximum Gasteiger partial charge on any atom is 0.330 e. The Morgan fingerprint density at radius 3 is 2.53 bits per heavy atom. The molecule has 0 aliphatic heterocycles. The molecule has 1 unspecified atom stereocenters. The first-order valence-corrected chi connectivity index (χ1v) is 6.59. The standard InChI is InChI=1S/C14H23N3O2/c1-6-10(4)7-11(5)15-12-8-13(18)17(9(2)3)14(19)16-12/h6,8-9,11,15H,7H2,1-5H3,(H,16,19). The van der Waals surface area contributed by atoms with E-state index in [1.165, 1.54) is 16.2 Å². The minimum Gasteiger partial charge on any atom is -0.369 e. The molecule has 0 aliphatic carbocycles. The van der Waals surface area contributed by atoms with E-state index in [-0.39, 0.29) is 23.3 Å². The molecule has 0 saturated carbocycles. The molecule has 2 N–H and O–H groups in total. The van der Waals surface area contributed by atoms with E-state index in [0.717, 1.165) is 6.42 Å². The summed E-state index contributed by atoms with van der Waals surface area (Å²) in [6, 6.07) is 1.44. The van der Waals surface area contributed by atoms with E-state index in [9.17, 15) is 9.59 Å². The highest BCUT2D eigenvalue weighted by Gasteiger charge is 2.09. The Morgan fingerprint density at radius 1 is 1.42 bits per heavy atom. The van der Waals surface area contributed by atoms with Gasteiger partial charge in [-0.25, -0.2) is 4.79 Å². The van der Waals surface area contributed by atoms with Gasteiger partial charge < -0.3 is 5.32 Å². The zero-order valence-electron chi connectivity index (χ0n) is 12.3. The molecular formula is C14H23N3O2. The summed E-state index contributed by atoms with van der Waals surface area (Å²) in [5, 5.41) is 3.15. The van der Waals surface area contributed by atoms with E-state index in [2.05, 4.69) is 23.3 Å². The molecule has 0 fully saturated rings. The van der Waals surface area contributed by atoms with Crippen LogP contribution in [0.25, 0.3) is 0 Å². The van der Waals surface area contributed by atoms with Crippen LogP contribution in [0.5, 0.6) is 0 Å². The molecule has 1 rings (SSSR count). The average molecular weight is 265 g/mol. The van der Waals surface area contributed by atoms with Gasteiger partial charge in [0.05, 0.1) is 0 Å². The lowest BCUT2D eigenvalue weighted by molar-refractivity contribution is 0.546. The van der Waals surface area contributed by atoms with Crippen LogP contribution in [0.4, 0.5) is 5.82 Å². The molecule has 0 radical (unpaired) electrons. The van der Waals surface area contributed by atoms with Gasteiger partial charge in [-0.3, -0.25) is 14.3 Å². The van der Waals surface area contributed by atoms with E-state index < -0.39 is 0 Å². The Balaban J connectivity index is 2.93. The van der Waals surface area contributed by atoms with Crippen LogP contribution in [0, 0.1) is 0 Å². The summed E-state index contributed by atoms with van der Waals surface area (Å²) in [5.74, 6) is 0.475. The summed E-state index contributed by atoms with van der Waals surface area (Å²) >= 11 is 0. The van der Waals surface area contributed by atoms with Crippen molar-refractivity contribution in [2.75, 3.05) is 5.32 Å². The van der Waals surface area contributed by atoms with E-state index in [4.69, 9.17) is 0 Å². The molecule has 1 heterocycles. The lowest BCUT2D eigenvalue weighted by Crippen LogP contribution is -2.37. The Bertz CT molecular complexity index is 536. The molecule has 5 heteroatoms. The summed E-state index contributed by atoms with van der Waals surface area (Å²) < 4.78 is 1.20. The summed E-state index contributed by atoms with van der Waals surface area (Å²) in [6.45, 7) is 9.67. The van der Waals surface area contributed by atoms with Crippen molar-refractivity contribution in [3.63, 3.8) is 0 Å². The van der Waals surface area contributed by atoms with Gasteiger partial charge in [-0.05, 0) is 41.0 Å².